The van der Waals surface area contributed by atoms with Crippen LogP contribution in [-0.4, -0.2) is 26.4 Å². The van der Waals surface area contributed by atoms with Gasteiger partial charge in [-0.3, -0.25) is 10.2 Å². The predicted octanol–water partition coefficient (Wildman–Crippen LogP) is 5.47. The van der Waals surface area contributed by atoms with Gasteiger partial charge in [-0.2, -0.15) is 23.0 Å². The van der Waals surface area contributed by atoms with E-state index < -0.39 is 34.9 Å². The van der Waals surface area contributed by atoms with Crippen LogP contribution >= 0.6 is 34.2 Å². The Labute approximate surface area is 185 Å². The maximum absolute atomic E-state index is 14.1. The number of nitrogens with one attached hydrogen (secondary N) is 1. The molecule has 1 aromatic carbocycles. The normalized spacial score (nSPS) is 14.0. The number of hydrogen-bond donors (Lipinski definition) is 1. The second-order valence-electron chi connectivity index (χ2n) is 6.22. The third kappa shape index (κ3) is 3.33. The molecule has 3 heterocycles. The van der Waals surface area contributed by atoms with Gasteiger partial charge >= 0.3 is 6.18 Å². The molecule has 152 valence electrons. The molecule has 30 heavy (non-hydrogen) atoms. The van der Waals surface area contributed by atoms with Crippen molar-refractivity contribution in [1.82, 2.24) is 14.8 Å². The molecule has 2 aromatic heterocycles. The van der Waals surface area contributed by atoms with Crippen LogP contribution in [0.15, 0.2) is 42.5 Å². The fraction of sp³-hybridized carbons (Fsp3) is 0.0526. The number of halogens is 6. The first kappa shape index (κ1) is 20.7. The van der Waals surface area contributed by atoms with Gasteiger partial charge in [0.05, 0.1) is 5.71 Å². The number of allylic oxidation sites excluding steroid dienone is 2. The standard InChI is InChI=1S/C19H8ClF4IN4O/c20-17-10(6-11(21)18(25)27-17)9-7-12(30)29-15(14(9)26)13(8-4-2-1-3-5-8)16(28-29)19(22,23)24/h1-7,26H. The molecular weight excluding hydrogens is 539 g/mol. The molecule has 1 aliphatic heterocycles. The Bertz CT molecular complexity index is 1250. The SMILES string of the molecule is N=C1C(c2cc(F)c(I)nc2Cl)=CC(=O)n2nc(C(F)(F)F)c(-c3ccccc3)c21. The summed E-state index contributed by atoms with van der Waals surface area (Å²) in [4.78, 5) is 16.4. The summed E-state index contributed by atoms with van der Waals surface area (Å²) in [6, 6.07) is 8.50. The lowest BCUT2D eigenvalue weighted by molar-refractivity contribution is -0.140. The topological polar surface area (TPSA) is 71.6 Å². The summed E-state index contributed by atoms with van der Waals surface area (Å²) in [6.45, 7) is 0. The van der Waals surface area contributed by atoms with Gasteiger partial charge in [0.15, 0.2) is 11.5 Å². The average molecular weight is 547 g/mol. The predicted molar refractivity (Wildman–Crippen MR) is 110 cm³/mol. The number of pyridine rings is 1. The summed E-state index contributed by atoms with van der Waals surface area (Å²) < 4.78 is 55.7. The number of hydrogen-bond acceptors (Lipinski definition) is 4. The van der Waals surface area contributed by atoms with Gasteiger partial charge in [0.2, 0.25) is 0 Å². The van der Waals surface area contributed by atoms with Gasteiger partial charge in [0, 0.05) is 22.8 Å². The zero-order valence-electron chi connectivity index (χ0n) is 14.6. The number of nitrogens with zero attached hydrogens (tertiary/aromatic N) is 3. The monoisotopic (exact) mass is 546 g/mol. The first-order chi connectivity index (χ1) is 14.1. The minimum atomic E-state index is -4.87. The van der Waals surface area contributed by atoms with E-state index in [2.05, 4.69) is 10.1 Å². The maximum Gasteiger partial charge on any atom is 0.435 e. The molecule has 0 aliphatic carbocycles. The third-order valence-electron chi connectivity index (χ3n) is 4.38. The van der Waals surface area contributed by atoms with Crippen molar-refractivity contribution in [3.8, 4) is 11.1 Å². The molecule has 0 unspecified atom stereocenters. The van der Waals surface area contributed by atoms with Crippen LogP contribution in [-0.2, 0) is 6.18 Å². The summed E-state index contributed by atoms with van der Waals surface area (Å²) in [5.74, 6) is -1.66. The second-order valence-corrected chi connectivity index (χ2v) is 7.60. The number of rotatable bonds is 2. The fourth-order valence-corrected chi connectivity index (χ4v) is 3.90. The van der Waals surface area contributed by atoms with Crippen molar-refractivity contribution >= 4 is 51.4 Å². The minimum absolute atomic E-state index is 0.0232. The van der Waals surface area contributed by atoms with Crippen LogP contribution in [0.1, 0.15) is 21.7 Å². The van der Waals surface area contributed by atoms with E-state index in [1.165, 1.54) is 24.3 Å². The molecule has 0 fully saturated rings. The highest BCUT2D eigenvalue weighted by molar-refractivity contribution is 14.1. The number of fused-ring (bicyclic) bond motifs is 1. The fourth-order valence-electron chi connectivity index (χ4n) is 3.12. The van der Waals surface area contributed by atoms with Crippen molar-refractivity contribution < 1.29 is 22.4 Å². The lowest BCUT2D eigenvalue weighted by Crippen LogP contribution is -2.24. The summed E-state index contributed by atoms with van der Waals surface area (Å²) in [5.41, 5.74) is -2.62. The largest absolute Gasteiger partial charge is 0.435 e. The van der Waals surface area contributed by atoms with E-state index in [1.807, 2.05) is 0 Å². The Hall–Kier alpha value is -2.60. The molecule has 1 N–H and O–H groups in total. The lowest BCUT2D eigenvalue weighted by atomic mass is 9.92. The van der Waals surface area contributed by atoms with E-state index >= 15 is 0 Å². The van der Waals surface area contributed by atoms with E-state index in [0.717, 1.165) is 12.1 Å². The zero-order valence-corrected chi connectivity index (χ0v) is 17.5. The molecule has 5 nitrogen and oxygen atoms in total. The van der Waals surface area contributed by atoms with Crippen molar-refractivity contribution in [2.45, 2.75) is 6.18 Å². The van der Waals surface area contributed by atoms with Crippen molar-refractivity contribution in [1.29, 1.82) is 5.41 Å². The van der Waals surface area contributed by atoms with Gasteiger partial charge in [-0.15, -0.1) is 0 Å². The highest BCUT2D eigenvalue weighted by Crippen LogP contribution is 2.41. The van der Waals surface area contributed by atoms with Crippen LogP contribution in [0, 0.1) is 14.9 Å². The van der Waals surface area contributed by atoms with Crippen LogP contribution < -0.4 is 0 Å². The third-order valence-corrected chi connectivity index (χ3v) is 5.42. The molecule has 0 saturated heterocycles. The number of carbonyl (C=O) groups excluding carboxylic acids is 1. The van der Waals surface area contributed by atoms with E-state index in [4.69, 9.17) is 17.0 Å². The van der Waals surface area contributed by atoms with Gasteiger partial charge in [-0.25, -0.2) is 9.37 Å². The molecule has 0 radical (unpaired) electrons. The van der Waals surface area contributed by atoms with Gasteiger partial charge in [0.1, 0.15) is 14.5 Å². The van der Waals surface area contributed by atoms with Crippen LogP contribution in [0.25, 0.3) is 16.7 Å². The van der Waals surface area contributed by atoms with E-state index in [9.17, 15) is 22.4 Å². The van der Waals surface area contributed by atoms with Gasteiger partial charge in [-0.1, -0.05) is 41.9 Å². The van der Waals surface area contributed by atoms with Crippen molar-refractivity contribution in [3.63, 3.8) is 0 Å². The minimum Gasteiger partial charge on any atom is -0.298 e. The number of aromatic nitrogens is 3. The zero-order chi connectivity index (χ0) is 21.8. The Kier molecular flexibility index (Phi) is 5.01. The van der Waals surface area contributed by atoms with Crippen LogP contribution in [0.5, 0.6) is 0 Å². The molecule has 3 aromatic rings. The quantitative estimate of drug-likeness (QED) is 0.263. The molecule has 0 saturated carbocycles. The first-order valence-corrected chi connectivity index (χ1v) is 9.68. The molecule has 0 bridgehead atoms. The molecule has 0 amide bonds. The lowest BCUT2D eigenvalue weighted by Gasteiger charge is -2.18. The molecular formula is C19H8ClF4IN4O. The van der Waals surface area contributed by atoms with E-state index in [1.54, 1.807) is 28.7 Å². The number of carbonyl (C=O) groups is 1. The highest BCUT2D eigenvalue weighted by Gasteiger charge is 2.42. The van der Waals surface area contributed by atoms with Crippen LogP contribution in [0.2, 0.25) is 5.15 Å². The number of alkyl halides is 3. The van der Waals surface area contributed by atoms with Crippen LogP contribution in [0.4, 0.5) is 17.6 Å². The molecule has 4 rings (SSSR count). The Balaban J connectivity index is 1.99. The molecule has 0 spiro atoms. The van der Waals surface area contributed by atoms with Crippen LogP contribution in [0.3, 0.4) is 0 Å². The smallest absolute Gasteiger partial charge is 0.298 e. The van der Waals surface area contributed by atoms with E-state index in [-0.39, 0.29) is 31.2 Å². The Morgan fingerprint density at radius 1 is 1.17 bits per heavy atom. The van der Waals surface area contributed by atoms with Gasteiger partial charge in [0.25, 0.3) is 5.91 Å². The van der Waals surface area contributed by atoms with E-state index in [0.29, 0.717) is 4.68 Å². The summed E-state index contributed by atoms with van der Waals surface area (Å²) in [5, 5.41) is 11.8. The summed E-state index contributed by atoms with van der Waals surface area (Å²) in [6.07, 6.45) is -3.98. The Morgan fingerprint density at radius 3 is 2.47 bits per heavy atom. The van der Waals surface area contributed by atoms with Crippen molar-refractivity contribution in [2.24, 2.45) is 0 Å². The second kappa shape index (κ2) is 7.27. The maximum atomic E-state index is 14.1. The molecule has 11 heteroatoms. The van der Waals surface area contributed by atoms with Crippen molar-refractivity contribution in [3.05, 3.63) is 74.1 Å². The van der Waals surface area contributed by atoms with Crippen molar-refractivity contribution in [2.75, 3.05) is 0 Å². The number of benzene rings is 1. The molecule has 1 aliphatic rings. The highest BCUT2D eigenvalue weighted by atomic mass is 127. The average Bonchev–Trinajstić information content (AvgIpc) is 3.10. The Morgan fingerprint density at radius 2 is 1.83 bits per heavy atom. The molecule has 0 atom stereocenters. The summed E-state index contributed by atoms with van der Waals surface area (Å²) in [7, 11) is 0. The summed E-state index contributed by atoms with van der Waals surface area (Å²) >= 11 is 7.70. The first-order valence-electron chi connectivity index (χ1n) is 8.22. The van der Waals surface area contributed by atoms with Gasteiger partial charge in [-0.05, 0) is 34.2 Å². The van der Waals surface area contributed by atoms with Gasteiger partial charge < -0.3 is 0 Å².